The van der Waals surface area contributed by atoms with Gasteiger partial charge in [0, 0.05) is 13.7 Å². The van der Waals surface area contributed by atoms with Gasteiger partial charge in [-0.2, -0.15) is 0 Å². The second-order valence-electron chi connectivity index (χ2n) is 3.89. The third kappa shape index (κ3) is 2.23. The van der Waals surface area contributed by atoms with Gasteiger partial charge in [0.25, 0.3) is 0 Å². The van der Waals surface area contributed by atoms with Crippen LogP contribution in [0.25, 0.3) is 10.8 Å². The fourth-order valence-electron chi connectivity index (χ4n) is 1.93. The fraction of sp³-hybridized carbons (Fsp3) is 0.286. The predicted molar refractivity (Wildman–Crippen MR) is 67.6 cm³/mol. The van der Waals surface area contributed by atoms with Gasteiger partial charge in [-0.15, -0.1) is 0 Å². The van der Waals surface area contributed by atoms with Crippen molar-refractivity contribution in [1.82, 2.24) is 5.32 Å². The summed E-state index contributed by atoms with van der Waals surface area (Å²) in [7, 11) is 3.68. The molecule has 0 bridgehead atoms. The van der Waals surface area contributed by atoms with Crippen LogP contribution in [0.5, 0.6) is 0 Å². The molecular weight excluding hydrogens is 198 g/mol. The summed E-state index contributed by atoms with van der Waals surface area (Å²) in [5, 5.41) is 5.67. The highest BCUT2D eigenvalue weighted by Gasteiger charge is 2.09. The van der Waals surface area contributed by atoms with Crippen LogP contribution >= 0.6 is 0 Å². The smallest absolute Gasteiger partial charge is 0.0945 e. The lowest BCUT2D eigenvalue weighted by molar-refractivity contribution is 0.104. The van der Waals surface area contributed by atoms with E-state index in [1.807, 2.05) is 7.05 Å². The lowest BCUT2D eigenvalue weighted by Crippen LogP contribution is -2.18. The Bertz CT molecular complexity index is 467. The Hall–Kier alpha value is -1.38. The van der Waals surface area contributed by atoms with Gasteiger partial charge >= 0.3 is 0 Å². The van der Waals surface area contributed by atoms with E-state index >= 15 is 0 Å². The first-order valence-electron chi connectivity index (χ1n) is 5.51. The van der Waals surface area contributed by atoms with Crippen LogP contribution in [-0.2, 0) is 4.74 Å². The molecule has 1 unspecified atom stereocenters. The summed E-state index contributed by atoms with van der Waals surface area (Å²) in [5.74, 6) is 0. The first-order valence-corrected chi connectivity index (χ1v) is 5.51. The van der Waals surface area contributed by atoms with E-state index in [2.05, 4.69) is 47.8 Å². The molecule has 2 rings (SSSR count). The molecule has 2 nitrogen and oxygen atoms in total. The van der Waals surface area contributed by atoms with E-state index in [1.165, 1.54) is 16.3 Å². The van der Waals surface area contributed by atoms with Crippen molar-refractivity contribution < 1.29 is 4.74 Å². The normalized spacial score (nSPS) is 12.9. The summed E-state index contributed by atoms with van der Waals surface area (Å²) in [6.45, 7) is 0.828. The first-order chi connectivity index (χ1) is 7.85. The first kappa shape index (κ1) is 11.1. The van der Waals surface area contributed by atoms with Crippen molar-refractivity contribution in [3.05, 3.63) is 48.0 Å². The standard InChI is InChI=1S/C14H17NO/c1-15-10-14(16-2)13-8-7-11-5-3-4-6-12(11)9-13/h3-9,14-15H,10H2,1-2H3. The highest BCUT2D eigenvalue weighted by molar-refractivity contribution is 5.83. The topological polar surface area (TPSA) is 21.3 Å². The predicted octanol–water partition coefficient (Wildman–Crippen LogP) is 2.75. The summed E-state index contributed by atoms with van der Waals surface area (Å²) < 4.78 is 5.46. The maximum Gasteiger partial charge on any atom is 0.0945 e. The van der Waals surface area contributed by atoms with Crippen LogP contribution in [0.1, 0.15) is 11.7 Å². The Balaban J connectivity index is 2.37. The fourth-order valence-corrected chi connectivity index (χ4v) is 1.93. The van der Waals surface area contributed by atoms with E-state index in [-0.39, 0.29) is 6.10 Å². The molecule has 0 saturated carbocycles. The molecule has 0 saturated heterocycles. The number of fused-ring (bicyclic) bond motifs is 1. The van der Waals surface area contributed by atoms with Crippen molar-refractivity contribution in [2.45, 2.75) is 6.10 Å². The quantitative estimate of drug-likeness (QED) is 0.846. The Labute approximate surface area is 96.2 Å². The number of methoxy groups -OCH3 is 1. The summed E-state index contributed by atoms with van der Waals surface area (Å²) in [5.41, 5.74) is 1.22. The Morgan fingerprint density at radius 3 is 2.56 bits per heavy atom. The van der Waals surface area contributed by atoms with Crippen LogP contribution in [0.15, 0.2) is 42.5 Å². The second-order valence-corrected chi connectivity index (χ2v) is 3.89. The van der Waals surface area contributed by atoms with Crippen LogP contribution in [0.2, 0.25) is 0 Å². The molecule has 84 valence electrons. The van der Waals surface area contributed by atoms with E-state index < -0.39 is 0 Å². The zero-order valence-corrected chi connectivity index (χ0v) is 9.73. The second kappa shape index (κ2) is 5.10. The minimum atomic E-state index is 0.120. The lowest BCUT2D eigenvalue weighted by atomic mass is 10.0. The van der Waals surface area contributed by atoms with Crippen LogP contribution < -0.4 is 5.32 Å². The molecule has 0 aliphatic carbocycles. The molecule has 2 aromatic carbocycles. The van der Waals surface area contributed by atoms with Gasteiger partial charge in [0.05, 0.1) is 6.10 Å². The van der Waals surface area contributed by atoms with Gasteiger partial charge in [0.2, 0.25) is 0 Å². The average Bonchev–Trinajstić information content (AvgIpc) is 2.35. The molecular formula is C14H17NO. The van der Waals surface area contributed by atoms with Gasteiger partial charge in [-0.05, 0) is 29.4 Å². The summed E-state index contributed by atoms with van der Waals surface area (Å²) in [4.78, 5) is 0. The Kier molecular flexibility index (Phi) is 3.54. The van der Waals surface area contributed by atoms with Crippen molar-refractivity contribution in [3.8, 4) is 0 Å². The van der Waals surface area contributed by atoms with Crippen LogP contribution in [0, 0.1) is 0 Å². The van der Waals surface area contributed by atoms with Gasteiger partial charge in [0.15, 0.2) is 0 Å². The van der Waals surface area contributed by atoms with Gasteiger partial charge in [-0.3, -0.25) is 0 Å². The number of nitrogens with one attached hydrogen (secondary N) is 1. The molecule has 0 fully saturated rings. The molecule has 1 atom stereocenters. The van der Waals surface area contributed by atoms with Gasteiger partial charge in [-0.1, -0.05) is 36.4 Å². The Morgan fingerprint density at radius 2 is 1.88 bits per heavy atom. The average molecular weight is 215 g/mol. The zero-order chi connectivity index (χ0) is 11.4. The molecule has 16 heavy (non-hydrogen) atoms. The zero-order valence-electron chi connectivity index (χ0n) is 9.73. The molecule has 0 aromatic heterocycles. The van der Waals surface area contributed by atoms with Crippen molar-refractivity contribution in [3.63, 3.8) is 0 Å². The van der Waals surface area contributed by atoms with Crippen molar-refractivity contribution in [1.29, 1.82) is 0 Å². The molecule has 0 aliphatic heterocycles. The van der Waals surface area contributed by atoms with Crippen LogP contribution in [-0.4, -0.2) is 20.7 Å². The highest BCUT2D eigenvalue weighted by Crippen LogP contribution is 2.21. The summed E-state index contributed by atoms with van der Waals surface area (Å²) in [6.07, 6.45) is 0.120. The third-order valence-electron chi connectivity index (χ3n) is 2.82. The highest BCUT2D eigenvalue weighted by atomic mass is 16.5. The van der Waals surface area contributed by atoms with Crippen molar-refractivity contribution >= 4 is 10.8 Å². The molecule has 0 aliphatic rings. The summed E-state index contributed by atoms with van der Waals surface area (Å²) >= 11 is 0. The number of hydrogen-bond acceptors (Lipinski definition) is 2. The number of benzene rings is 2. The van der Waals surface area contributed by atoms with Gasteiger partial charge in [0.1, 0.15) is 0 Å². The molecule has 2 heteroatoms. The number of rotatable bonds is 4. The van der Waals surface area contributed by atoms with Crippen LogP contribution in [0.3, 0.4) is 0 Å². The molecule has 0 heterocycles. The van der Waals surface area contributed by atoms with E-state index in [0.717, 1.165) is 6.54 Å². The minimum absolute atomic E-state index is 0.120. The molecule has 0 amide bonds. The van der Waals surface area contributed by atoms with E-state index in [9.17, 15) is 0 Å². The monoisotopic (exact) mass is 215 g/mol. The Morgan fingerprint density at radius 1 is 1.12 bits per heavy atom. The molecule has 0 radical (unpaired) electrons. The maximum atomic E-state index is 5.46. The molecule has 0 spiro atoms. The van der Waals surface area contributed by atoms with E-state index in [1.54, 1.807) is 7.11 Å². The number of hydrogen-bond donors (Lipinski definition) is 1. The molecule has 2 aromatic rings. The number of likely N-dealkylation sites (N-methyl/N-ethyl adjacent to an activating group) is 1. The summed E-state index contributed by atoms with van der Waals surface area (Å²) in [6, 6.07) is 14.8. The van der Waals surface area contributed by atoms with Gasteiger partial charge in [-0.25, -0.2) is 0 Å². The maximum absolute atomic E-state index is 5.46. The van der Waals surface area contributed by atoms with Crippen molar-refractivity contribution in [2.24, 2.45) is 0 Å². The number of ether oxygens (including phenoxy) is 1. The van der Waals surface area contributed by atoms with Gasteiger partial charge < -0.3 is 10.1 Å². The SMILES string of the molecule is CNCC(OC)c1ccc2ccccc2c1. The van der Waals surface area contributed by atoms with E-state index in [0.29, 0.717) is 0 Å². The van der Waals surface area contributed by atoms with Crippen molar-refractivity contribution in [2.75, 3.05) is 20.7 Å². The largest absolute Gasteiger partial charge is 0.375 e. The van der Waals surface area contributed by atoms with E-state index in [4.69, 9.17) is 4.74 Å². The third-order valence-corrected chi connectivity index (χ3v) is 2.82. The van der Waals surface area contributed by atoms with Crippen LogP contribution in [0.4, 0.5) is 0 Å². The molecule has 1 N–H and O–H groups in total. The minimum Gasteiger partial charge on any atom is -0.375 e. The lowest BCUT2D eigenvalue weighted by Gasteiger charge is -2.15.